The average Bonchev–Trinajstić information content (AvgIpc) is 2.69. The minimum Gasteiger partial charge on any atom is -0.380 e. The molecule has 0 fully saturated rings. The van der Waals surface area contributed by atoms with Crippen molar-refractivity contribution in [2.75, 3.05) is 19.1 Å². The third kappa shape index (κ3) is 3.34. The van der Waals surface area contributed by atoms with E-state index in [1.54, 1.807) is 6.07 Å². The van der Waals surface area contributed by atoms with Crippen LogP contribution in [0.1, 0.15) is 12.7 Å². The van der Waals surface area contributed by atoms with Crippen LogP contribution in [0.5, 0.6) is 0 Å². The van der Waals surface area contributed by atoms with Crippen molar-refractivity contribution in [3.05, 3.63) is 28.0 Å². The second-order valence-electron chi connectivity index (χ2n) is 4.07. The number of alkyl halides is 1. The number of fused-ring (bicyclic) bond motifs is 1. The summed E-state index contributed by atoms with van der Waals surface area (Å²) < 4.78 is 7.50. The Bertz CT molecular complexity index is 569. The van der Waals surface area contributed by atoms with Crippen LogP contribution in [0.4, 0.5) is 0 Å². The molecule has 0 bridgehead atoms. The monoisotopic (exact) mass is 320 g/mol. The quantitative estimate of drug-likeness (QED) is 0.590. The minimum atomic E-state index is 0.515. The van der Waals surface area contributed by atoms with Crippen molar-refractivity contribution in [1.82, 2.24) is 9.55 Å². The molecular formula is C13H15Cl3N2O. The molecule has 0 aliphatic carbocycles. The zero-order chi connectivity index (χ0) is 13.8. The number of ether oxygens (including phenoxy) is 1. The molecule has 2 aromatic rings. The molecule has 104 valence electrons. The standard InChI is InChI=1S/C13H15Cl3N2O/c1-2-19-6-5-18-12-8-10(16)9(15)7-11(12)17-13(18)3-4-14/h7-8H,2-6H2,1H3. The minimum absolute atomic E-state index is 0.515. The third-order valence-corrected chi connectivity index (χ3v) is 3.76. The van der Waals surface area contributed by atoms with Gasteiger partial charge in [-0.05, 0) is 19.1 Å². The van der Waals surface area contributed by atoms with Crippen molar-refractivity contribution in [3.8, 4) is 0 Å². The number of halogens is 3. The summed E-state index contributed by atoms with van der Waals surface area (Å²) in [6.45, 7) is 4.04. The topological polar surface area (TPSA) is 27.1 Å². The van der Waals surface area contributed by atoms with E-state index in [-0.39, 0.29) is 0 Å². The summed E-state index contributed by atoms with van der Waals surface area (Å²) in [7, 11) is 0. The van der Waals surface area contributed by atoms with Gasteiger partial charge in [0.1, 0.15) is 5.82 Å². The number of rotatable bonds is 6. The second-order valence-corrected chi connectivity index (χ2v) is 5.26. The number of benzene rings is 1. The Hall–Kier alpha value is -0.480. The first-order valence-electron chi connectivity index (χ1n) is 6.15. The van der Waals surface area contributed by atoms with Crippen molar-refractivity contribution >= 4 is 45.8 Å². The Balaban J connectivity index is 2.43. The van der Waals surface area contributed by atoms with Crippen molar-refractivity contribution in [2.45, 2.75) is 19.9 Å². The maximum atomic E-state index is 6.08. The van der Waals surface area contributed by atoms with Gasteiger partial charge in [0.25, 0.3) is 0 Å². The third-order valence-electron chi connectivity index (χ3n) is 2.85. The largest absolute Gasteiger partial charge is 0.380 e. The Labute approximate surface area is 127 Å². The molecule has 1 aromatic carbocycles. The van der Waals surface area contributed by atoms with E-state index in [9.17, 15) is 0 Å². The van der Waals surface area contributed by atoms with Gasteiger partial charge in [-0.2, -0.15) is 0 Å². The molecule has 0 saturated heterocycles. The van der Waals surface area contributed by atoms with Crippen LogP contribution in [0.3, 0.4) is 0 Å². The lowest BCUT2D eigenvalue weighted by molar-refractivity contribution is 0.139. The van der Waals surface area contributed by atoms with E-state index < -0.39 is 0 Å². The van der Waals surface area contributed by atoms with E-state index in [1.807, 2.05) is 13.0 Å². The highest BCUT2D eigenvalue weighted by Gasteiger charge is 2.12. The number of aryl methyl sites for hydroxylation is 1. The molecule has 0 aliphatic rings. The molecule has 1 heterocycles. The first kappa shape index (κ1) is 14.9. The van der Waals surface area contributed by atoms with Crippen LogP contribution in [-0.4, -0.2) is 28.6 Å². The molecule has 0 saturated carbocycles. The molecule has 0 amide bonds. The van der Waals surface area contributed by atoms with E-state index in [0.717, 1.165) is 23.4 Å². The smallest absolute Gasteiger partial charge is 0.111 e. The molecule has 0 N–H and O–H groups in total. The Morgan fingerprint density at radius 1 is 1.26 bits per heavy atom. The highest BCUT2D eigenvalue weighted by atomic mass is 35.5. The van der Waals surface area contributed by atoms with Gasteiger partial charge in [-0.3, -0.25) is 0 Å². The number of hydrogen-bond donors (Lipinski definition) is 0. The lowest BCUT2D eigenvalue weighted by atomic mass is 10.3. The molecule has 0 radical (unpaired) electrons. The molecule has 0 aliphatic heterocycles. The van der Waals surface area contributed by atoms with Crippen molar-refractivity contribution in [2.24, 2.45) is 0 Å². The number of nitrogens with zero attached hydrogens (tertiary/aromatic N) is 2. The van der Waals surface area contributed by atoms with Crippen LogP contribution >= 0.6 is 34.8 Å². The predicted molar refractivity (Wildman–Crippen MR) is 80.7 cm³/mol. The van der Waals surface area contributed by atoms with Crippen LogP contribution in [-0.2, 0) is 17.7 Å². The van der Waals surface area contributed by atoms with Crippen LogP contribution in [0, 0.1) is 0 Å². The van der Waals surface area contributed by atoms with Gasteiger partial charge in [0.15, 0.2) is 0 Å². The van der Waals surface area contributed by atoms with E-state index in [4.69, 9.17) is 39.5 Å². The maximum Gasteiger partial charge on any atom is 0.111 e. The molecule has 2 rings (SSSR count). The van der Waals surface area contributed by atoms with Crippen LogP contribution in [0.25, 0.3) is 11.0 Å². The molecule has 0 unspecified atom stereocenters. The van der Waals surface area contributed by atoms with Gasteiger partial charge < -0.3 is 9.30 Å². The molecule has 19 heavy (non-hydrogen) atoms. The summed E-state index contributed by atoms with van der Waals surface area (Å²) in [6, 6.07) is 3.63. The summed E-state index contributed by atoms with van der Waals surface area (Å²) in [5, 5.41) is 1.05. The molecule has 1 aromatic heterocycles. The highest BCUT2D eigenvalue weighted by molar-refractivity contribution is 6.42. The van der Waals surface area contributed by atoms with Crippen LogP contribution in [0.2, 0.25) is 10.0 Å². The first-order chi connectivity index (χ1) is 9.17. The van der Waals surface area contributed by atoms with Crippen LogP contribution in [0.15, 0.2) is 12.1 Å². The lowest BCUT2D eigenvalue weighted by Gasteiger charge is -2.08. The van der Waals surface area contributed by atoms with Gasteiger partial charge in [0, 0.05) is 25.5 Å². The Morgan fingerprint density at radius 3 is 2.68 bits per heavy atom. The normalized spacial score (nSPS) is 11.4. The number of hydrogen-bond acceptors (Lipinski definition) is 2. The Morgan fingerprint density at radius 2 is 2.00 bits per heavy atom. The summed E-state index contributed by atoms with van der Waals surface area (Å²) in [6.07, 6.45) is 0.706. The van der Waals surface area contributed by atoms with Gasteiger partial charge in [0.05, 0.1) is 27.7 Å². The Kier molecular flexibility index (Phi) is 5.34. The van der Waals surface area contributed by atoms with Crippen LogP contribution < -0.4 is 0 Å². The zero-order valence-electron chi connectivity index (χ0n) is 10.6. The van der Waals surface area contributed by atoms with Gasteiger partial charge >= 0.3 is 0 Å². The fourth-order valence-corrected chi connectivity index (χ4v) is 2.48. The van der Waals surface area contributed by atoms with Gasteiger partial charge in [0.2, 0.25) is 0 Å². The maximum absolute atomic E-state index is 6.08. The number of aromatic nitrogens is 2. The van der Waals surface area contributed by atoms with E-state index in [1.165, 1.54) is 0 Å². The number of imidazole rings is 1. The second kappa shape index (κ2) is 6.80. The fourth-order valence-electron chi connectivity index (χ4n) is 2.00. The SMILES string of the molecule is CCOCCn1c(CCCl)nc2cc(Cl)c(Cl)cc21. The molecule has 3 nitrogen and oxygen atoms in total. The molecule has 0 atom stereocenters. The zero-order valence-corrected chi connectivity index (χ0v) is 12.9. The summed E-state index contributed by atoms with van der Waals surface area (Å²) in [5.41, 5.74) is 1.81. The van der Waals surface area contributed by atoms with E-state index >= 15 is 0 Å². The fraction of sp³-hybridized carbons (Fsp3) is 0.462. The van der Waals surface area contributed by atoms with Gasteiger partial charge in [-0.25, -0.2) is 4.98 Å². The summed E-state index contributed by atoms with van der Waals surface area (Å²) in [5.74, 6) is 1.46. The van der Waals surface area contributed by atoms with Crippen molar-refractivity contribution in [3.63, 3.8) is 0 Å². The van der Waals surface area contributed by atoms with E-state index in [0.29, 0.717) is 35.6 Å². The van der Waals surface area contributed by atoms with E-state index in [2.05, 4.69) is 9.55 Å². The van der Waals surface area contributed by atoms with Crippen molar-refractivity contribution < 1.29 is 4.74 Å². The predicted octanol–water partition coefficient (Wildman–Crippen LogP) is 4.16. The molecule has 6 heteroatoms. The first-order valence-corrected chi connectivity index (χ1v) is 7.44. The van der Waals surface area contributed by atoms with Gasteiger partial charge in [-0.1, -0.05) is 23.2 Å². The summed E-state index contributed by atoms with van der Waals surface area (Å²) >= 11 is 17.9. The highest BCUT2D eigenvalue weighted by Crippen LogP contribution is 2.28. The summed E-state index contributed by atoms with van der Waals surface area (Å²) in [4.78, 5) is 4.56. The van der Waals surface area contributed by atoms with Gasteiger partial charge in [-0.15, -0.1) is 11.6 Å². The molecular weight excluding hydrogens is 307 g/mol. The van der Waals surface area contributed by atoms with Crippen molar-refractivity contribution in [1.29, 1.82) is 0 Å². The lowest BCUT2D eigenvalue weighted by Crippen LogP contribution is -2.10. The average molecular weight is 322 g/mol. The molecule has 0 spiro atoms.